The van der Waals surface area contributed by atoms with E-state index in [1.54, 1.807) is 13.1 Å². The Morgan fingerprint density at radius 3 is 2.48 bits per heavy atom. The molecule has 0 aliphatic carbocycles. The second-order valence-corrected chi connectivity index (χ2v) is 8.21. The first-order valence-corrected chi connectivity index (χ1v) is 10.7. The predicted octanol–water partition coefficient (Wildman–Crippen LogP) is 4.33. The molecule has 0 radical (unpaired) electrons. The van der Waals surface area contributed by atoms with Gasteiger partial charge >= 0.3 is 6.03 Å². The van der Waals surface area contributed by atoms with E-state index >= 15 is 0 Å². The second kappa shape index (κ2) is 8.02. The summed E-state index contributed by atoms with van der Waals surface area (Å²) in [6.45, 7) is 5.56. The number of hydrogen-bond acceptors (Lipinski definition) is 3. The number of amides is 3. The molecule has 6 nitrogen and oxygen atoms in total. The minimum Gasteiger partial charge on any atom is -0.360 e. The van der Waals surface area contributed by atoms with Crippen LogP contribution in [0.25, 0.3) is 10.9 Å². The number of benzene rings is 2. The van der Waals surface area contributed by atoms with Crippen LogP contribution in [0.3, 0.4) is 0 Å². The Labute approximate surface area is 181 Å². The van der Waals surface area contributed by atoms with Crippen LogP contribution in [0, 0.1) is 0 Å². The van der Waals surface area contributed by atoms with Crippen molar-refractivity contribution in [3.05, 3.63) is 70.9 Å². The number of carbonyl (C=O) groups excluding carboxylic acids is 3. The lowest BCUT2D eigenvalue weighted by Crippen LogP contribution is -2.41. The van der Waals surface area contributed by atoms with E-state index in [0.717, 1.165) is 40.6 Å². The van der Waals surface area contributed by atoms with Gasteiger partial charge < -0.3 is 10.3 Å². The highest BCUT2D eigenvalue weighted by molar-refractivity contribution is 6.14. The molecule has 2 N–H and O–H groups in total. The standard InChI is InChI=1S/C25H27N3O3/c1-4-7-16-10-12-18(13-11-16)25(3)23(30)28(24(31)27-25)15-21(29)20-14-26-22-17(5-2)8-6-9-19(20)22/h6,8-14,26H,4-5,7,15H2,1-3H3,(H,27,31). The average Bonchev–Trinajstić information content (AvgIpc) is 3.30. The Hall–Kier alpha value is -3.41. The average molecular weight is 418 g/mol. The molecule has 31 heavy (non-hydrogen) atoms. The summed E-state index contributed by atoms with van der Waals surface area (Å²) >= 11 is 0. The van der Waals surface area contributed by atoms with Crippen LogP contribution in [0.4, 0.5) is 4.79 Å². The number of urea groups is 1. The van der Waals surface area contributed by atoms with Gasteiger partial charge in [0.25, 0.3) is 5.91 Å². The van der Waals surface area contributed by atoms with E-state index < -0.39 is 17.5 Å². The van der Waals surface area contributed by atoms with Crippen molar-refractivity contribution in [2.45, 2.75) is 45.6 Å². The number of Topliss-reactive ketones (excluding diaryl/α,β-unsaturated/α-hetero) is 1. The molecule has 0 spiro atoms. The largest absolute Gasteiger partial charge is 0.360 e. The van der Waals surface area contributed by atoms with E-state index in [2.05, 4.69) is 24.1 Å². The molecule has 6 heteroatoms. The summed E-state index contributed by atoms with van der Waals surface area (Å²) in [5.74, 6) is -0.686. The molecule has 1 fully saturated rings. The Bertz CT molecular complexity index is 1160. The van der Waals surface area contributed by atoms with Crippen molar-refractivity contribution in [3.8, 4) is 0 Å². The Morgan fingerprint density at radius 1 is 1.06 bits per heavy atom. The lowest BCUT2D eigenvalue weighted by atomic mass is 9.91. The Balaban J connectivity index is 1.58. The first-order chi connectivity index (χ1) is 14.9. The zero-order valence-electron chi connectivity index (χ0n) is 18.1. The summed E-state index contributed by atoms with van der Waals surface area (Å²) < 4.78 is 0. The molecule has 3 aromatic rings. The van der Waals surface area contributed by atoms with Crippen LogP contribution >= 0.6 is 0 Å². The third-order valence-corrected chi connectivity index (χ3v) is 6.13. The molecule has 1 atom stereocenters. The van der Waals surface area contributed by atoms with Gasteiger partial charge in [0.1, 0.15) is 5.54 Å². The lowest BCUT2D eigenvalue weighted by Gasteiger charge is -2.22. The minimum atomic E-state index is -1.18. The zero-order valence-corrected chi connectivity index (χ0v) is 18.1. The van der Waals surface area contributed by atoms with Crippen molar-refractivity contribution in [2.75, 3.05) is 6.54 Å². The highest BCUT2D eigenvalue weighted by Crippen LogP contribution is 2.30. The fourth-order valence-corrected chi connectivity index (χ4v) is 4.30. The predicted molar refractivity (Wildman–Crippen MR) is 120 cm³/mol. The maximum Gasteiger partial charge on any atom is 0.325 e. The molecule has 2 aromatic carbocycles. The first-order valence-electron chi connectivity index (χ1n) is 10.7. The SMILES string of the molecule is CCCc1ccc(C2(C)NC(=O)N(CC(=O)c3c[nH]c4c(CC)cccc34)C2=O)cc1. The number of imide groups is 1. The van der Waals surface area contributed by atoms with E-state index in [0.29, 0.717) is 11.1 Å². The monoisotopic (exact) mass is 417 g/mol. The van der Waals surface area contributed by atoms with E-state index in [1.165, 1.54) is 5.56 Å². The van der Waals surface area contributed by atoms with Crippen LogP contribution < -0.4 is 5.32 Å². The number of nitrogens with zero attached hydrogens (tertiary/aromatic N) is 1. The molecule has 1 unspecified atom stereocenters. The number of aryl methyl sites for hydroxylation is 2. The van der Waals surface area contributed by atoms with Gasteiger partial charge in [0.05, 0.1) is 6.54 Å². The van der Waals surface area contributed by atoms with Gasteiger partial charge in [0.2, 0.25) is 0 Å². The molecule has 3 amide bonds. The fraction of sp³-hybridized carbons (Fsp3) is 0.320. The summed E-state index contributed by atoms with van der Waals surface area (Å²) in [6.07, 6.45) is 4.50. The van der Waals surface area contributed by atoms with E-state index in [9.17, 15) is 14.4 Å². The molecule has 4 rings (SSSR count). The van der Waals surface area contributed by atoms with Gasteiger partial charge in [-0.1, -0.05) is 62.7 Å². The van der Waals surface area contributed by atoms with Gasteiger partial charge in [0.15, 0.2) is 5.78 Å². The minimum absolute atomic E-state index is 0.273. The van der Waals surface area contributed by atoms with E-state index in [-0.39, 0.29) is 12.3 Å². The molecule has 1 aliphatic rings. The van der Waals surface area contributed by atoms with Gasteiger partial charge in [-0.25, -0.2) is 4.79 Å². The van der Waals surface area contributed by atoms with Crippen LogP contribution in [0.5, 0.6) is 0 Å². The smallest absolute Gasteiger partial charge is 0.325 e. The highest BCUT2D eigenvalue weighted by Gasteiger charge is 2.49. The number of para-hydroxylation sites is 1. The third-order valence-electron chi connectivity index (χ3n) is 6.13. The number of carbonyl (C=O) groups is 3. The number of rotatable bonds is 7. The van der Waals surface area contributed by atoms with Crippen LogP contribution in [-0.4, -0.2) is 34.2 Å². The quantitative estimate of drug-likeness (QED) is 0.443. The first kappa shape index (κ1) is 20.8. The van der Waals surface area contributed by atoms with E-state index in [4.69, 9.17) is 0 Å². The van der Waals surface area contributed by atoms with Gasteiger partial charge in [-0.2, -0.15) is 0 Å². The van der Waals surface area contributed by atoms with Gasteiger partial charge in [-0.15, -0.1) is 0 Å². The summed E-state index contributed by atoms with van der Waals surface area (Å²) in [4.78, 5) is 43.1. The van der Waals surface area contributed by atoms with Crippen molar-refractivity contribution < 1.29 is 14.4 Å². The number of ketones is 1. The topological polar surface area (TPSA) is 82.3 Å². The molecule has 1 aliphatic heterocycles. The number of nitrogens with one attached hydrogen (secondary N) is 2. The number of hydrogen-bond donors (Lipinski definition) is 2. The highest BCUT2D eigenvalue weighted by atomic mass is 16.2. The third kappa shape index (κ3) is 3.52. The van der Waals surface area contributed by atoms with Crippen molar-refractivity contribution in [1.29, 1.82) is 0 Å². The Kier molecular flexibility index (Phi) is 5.39. The maximum atomic E-state index is 13.2. The van der Waals surface area contributed by atoms with Crippen molar-refractivity contribution in [1.82, 2.24) is 15.2 Å². The lowest BCUT2D eigenvalue weighted by molar-refractivity contribution is -0.130. The summed E-state index contributed by atoms with van der Waals surface area (Å²) in [5, 5.41) is 3.59. The van der Waals surface area contributed by atoms with Gasteiger partial charge in [-0.05, 0) is 36.5 Å². The van der Waals surface area contributed by atoms with Crippen LogP contribution in [0.1, 0.15) is 54.2 Å². The number of aromatic nitrogens is 1. The number of aromatic amines is 1. The number of H-pyrrole nitrogens is 1. The van der Waals surface area contributed by atoms with Crippen LogP contribution in [0.2, 0.25) is 0 Å². The summed E-state index contributed by atoms with van der Waals surface area (Å²) in [7, 11) is 0. The summed E-state index contributed by atoms with van der Waals surface area (Å²) in [6, 6.07) is 13.0. The van der Waals surface area contributed by atoms with Gasteiger partial charge in [-0.3, -0.25) is 14.5 Å². The summed E-state index contributed by atoms with van der Waals surface area (Å²) in [5.41, 5.74) is 3.24. The van der Waals surface area contributed by atoms with Crippen molar-refractivity contribution >= 4 is 28.6 Å². The normalized spacial score (nSPS) is 18.6. The van der Waals surface area contributed by atoms with Crippen LogP contribution in [-0.2, 0) is 23.2 Å². The molecular weight excluding hydrogens is 390 g/mol. The molecule has 160 valence electrons. The maximum absolute atomic E-state index is 13.2. The van der Waals surface area contributed by atoms with Gasteiger partial charge in [0, 0.05) is 22.7 Å². The second-order valence-electron chi connectivity index (χ2n) is 8.21. The van der Waals surface area contributed by atoms with E-state index in [1.807, 2.05) is 42.5 Å². The molecule has 1 aromatic heterocycles. The van der Waals surface area contributed by atoms with Crippen LogP contribution in [0.15, 0.2) is 48.7 Å². The number of fused-ring (bicyclic) bond motifs is 1. The van der Waals surface area contributed by atoms with Crippen molar-refractivity contribution in [3.63, 3.8) is 0 Å². The Morgan fingerprint density at radius 2 is 1.81 bits per heavy atom. The zero-order chi connectivity index (χ0) is 22.2. The fourth-order valence-electron chi connectivity index (χ4n) is 4.30. The molecule has 0 saturated carbocycles. The molecule has 1 saturated heterocycles. The molecule has 0 bridgehead atoms. The van der Waals surface area contributed by atoms with Crippen molar-refractivity contribution in [2.24, 2.45) is 0 Å². The molecular formula is C25H27N3O3. The molecule has 2 heterocycles.